The Kier molecular flexibility index (Phi) is 5.92. The monoisotopic (exact) mass is 275 g/mol. The summed E-state index contributed by atoms with van der Waals surface area (Å²) < 4.78 is 28.4. The summed E-state index contributed by atoms with van der Waals surface area (Å²) in [6.07, 6.45) is 3.70. The van der Waals surface area contributed by atoms with E-state index < -0.39 is 6.61 Å². The van der Waals surface area contributed by atoms with Crippen LogP contribution in [0.15, 0.2) is 30.9 Å². The standard InChI is InChI=1S/C13H16ClF2NO/c1-3-4-5-9(2)17-10-6-7-12(11(14)8-10)18-13(15)16/h3,6-9,13,17H,1,4-5H2,2H3. The molecule has 1 unspecified atom stereocenters. The van der Waals surface area contributed by atoms with Gasteiger partial charge in [-0.2, -0.15) is 8.78 Å². The average molecular weight is 276 g/mol. The zero-order valence-corrected chi connectivity index (χ0v) is 10.9. The topological polar surface area (TPSA) is 21.3 Å². The molecule has 0 amide bonds. The molecular weight excluding hydrogens is 260 g/mol. The van der Waals surface area contributed by atoms with E-state index in [1.807, 2.05) is 13.0 Å². The second-order valence-corrected chi connectivity index (χ2v) is 4.34. The summed E-state index contributed by atoms with van der Waals surface area (Å²) in [5, 5.41) is 3.39. The normalized spacial score (nSPS) is 12.3. The second-order valence-electron chi connectivity index (χ2n) is 3.94. The Bertz CT molecular complexity index is 399. The van der Waals surface area contributed by atoms with Gasteiger partial charge in [-0.15, -0.1) is 6.58 Å². The summed E-state index contributed by atoms with van der Waals surface area (Å²) in [7, 11) is 0. The Morgan fingerprint density at radius 1 is 1.50 bits per heavy atom. The van der Waals surface area contributed by atoms with Crippen LogP contribution in [-0.2, 0) is 0 Å². The summed E-state index contributed by atoms with van der Waals surface area (Å²) in [5.41, 5.74) is 0.776. The molecule has 0 spiro atoms. The molecule has 5 heteroatoms. The highest BCUT2D eigenvalue weighted by Gasteiger charge is 2.09. The van der Waals surface area contributed by atoms with Crippen molar-refractivity contribution in [3.8, 4) is 5.75 Å². The van der Waals surface area contributed by atoms with Crippen molar-refractivity contribution in [1.29, 1.82) is 0 Å². The smallest absolute Gasteiger partial charge is 0.387 e. The quantitative estimate of drug-likeness (QED) is 0.728. The van der Waals surface area contributed by atoms with Crippen molar-refractivity contribution in [2.75, 3.05) is 5.32 Å². The maximum Gasteiger partial charge on any atom is 0.387 e. The molecule has 0 bridgehead atoms. The zero-order valence-electron chi connectivity index (χ0n) is 10.1. The Morgan fingerprint density at radius 2 is 2.22 bits per heavy atom. The van der Waals surface area contributed by atoms with Crippen LogP contribution in [-0.4, -0.2) is 12.7 Å². The molecule has 1 N–H and O–H groups in total. The molecule has 18 heavy (non-hydrogen) atoms. The number of rotatable bonds is 7. The second kappa shape index (κ2) is 7.21. The molecule has 100 valence electrons. The molecule has 0 fully saturated rings. The SMILES string of the molecule is C=CCCC(C)Nc1ccc(OC(F)F)c(Cl)c1. The van der Waals surface area contributed by atoms with Crippen molar-refractivity contribution in [3.05, 3.63) is 35.9 Å². The molecule has 0 aliphatic rings. The fourth-order valence-corrected chi connectivity index (χ4v) is 1.73. The van der Waals surface area contributed by atoms with Gasteiger partial charge in [0.2, 0.25) is 0 Å². The highest BCUT2D eigenvalue weighted by Crippen LogP contribution is 2.29. The Hall–Kier alpha value is -1.29. The molecule has 0 aromatic heterocycles. The lowest BCUT2D eigenvalue weighted by Crippen LogP contribution is -2.14. The van der Waals surface area contributed by atoms with Crippen LogP contribution in [0.4, 0.5) is 14.5 Å². The first kappa shape index (κ1) is 14.8. The third-order valence-corrected chi connectivity index (χ3v) is 2.66. The van der Waals surface area contributed by atoms with Crippen LogP contribution < -0.4 is 10.1 Å². The summed E-state index contributed by atoms with van der Waals surface area (Å²) >= 11 is 5.85. The molecule has 1 atom stereocenters. The van der Waals surface area contributed by atoms with Gasteiger partial charge in [-0.25, -0.2) is 0 Å². The summed E-state index contributed by atoms with van der Waals surface area (Å²) in [6, 6.07) is 4.91. The van der Waals surface area contributed by atoms with Gasteiger partial charge < -0.3 is 10.1 Å². The first-order chi connectivity index (χ1) is 8.52. The van der Waals surface area contributed by atoms with Crippen molar-refractivity contribution in [2.24, 2.45) is 0 Å². The number of hydrogen-bond acceptors (Lipinski definition) is 2. The number of allylic oxidation sites excluding steroid dienone is 1. The third kappa shape index (κ3) is 4.92. The van der Waals surface area contributed by atoms with Gasteiger partial charge >= 0.3 is 6.61 Å². The maximum atomic E-state index is 12.0. The molecule has 1 rings (SSSR count). The molecule has 2 nitrogen and oxygen atoms in total. The number of ether oxygens (including phenoxy) is 1. The van der Waals surface area contributed by atoms with Gasteiger partial charge in [0.1, 0.15) is 5.75 Å². The van der Waals surface area contributed by atoms with Gasteiger partial charge in [0.05, 0.1) is 5.02 Å². The lowest BCUT2D eigenvalue weighted by atomic mass is 10.1. The zero-order chi connectivity index (χ0) is 13.5. The van der Waals surface area contributed by atoms with Gasteiger partial charge in [0.15, 0.2) is 0 Å². The number of alkyl halides is 2. The average Bonchev–Trinajstić information content (AvgIpc) is 2.29. The van der Waals surface area contributed by atoms with E-state index in [1.54, 1.807) is 12.1 Å². The van der Waals surface area contributed by atoms with Crippen LogP contribution in [0.1, 0.15) is 19.8 Å². The van der Waals surface area contributed by atoms with Crippen LogP contribution >= 0.6 is 11.6 Å². The Morgan fingerprint density at radius 3 is 2.78 bits per heavy atom. The molecule has 1 aromatic carbocycles. The molecular formula is C13H16ClF2NO. The highest BCUT2D eigenvalue weighted by molar-refractivity contribution is 6.32. The lowest BCUT2D eigenvalue weighted by Gasteiger charge is -2.15. The van der Waals surface area contributed by atoms with E-state index >= 15 is 0 Å². The van der Waals surface area contributed by atoms with Crippen LogP contribution in [0, 0.1) is 0 Å². The number of nitrogens with one attached hydrogen (secondary N) is 1. The van der Waals surface area contributed by atoms with E-state index in [9.17, 15) is 8.78 Å². The number of halogens is 3. The van der Waals surface area contributed by atoms with E-state index in [-0.39, 0.29) is 16.8 Å². The largest absolute Gasteiger partial charge is 0.433 e. The van der Waals surface area contributed by atoms with Gasteiger partial charge in [-0.05, 0) is 38.0 Å². The maximum absolute atomic E-state index is 12.0. The Labute approximate surface area is 111 Å². The van der Waals surface area contributed by atoms with Crippen molar-refractivity contribution in [3.63, 3.8) is 0 Å². The molecule has 0 aliphatic carbocycles. The number of benzene rings is 1. The van der Waals surface area contributed by atoms with Crippen LogP contribution in [0.2, 0.25) is 5.02 Å². The fraction of sp³-hybridized carbons (Fsp3) is 0.385. The van der Waals surface area contributed by atoms with Crippen molar-refractivity contribution in [2.45, 2.75) is 32.4 Å². The van der Waals surface area contributed by atoms with E-state index in [1.165, 1.54) is 6.07 Å². The minimum Gasteiger partial charge on any atom is -0.433 e. The van der Waals surface area contributed by atoms with Crippen molar-refractivity contribution >= 4 is 17.3 Å². The van der Waals surface area contributed by atoms with Gasteiger partial charge in [0, 0.05) is 11.7 Å². The van der Waals surface area contributed by atoms with E-state index in [2.05, 4.69) is 16.6 Å². The molecule has 0 heterocycles. The van der Waals surface area contributed by atoms with E-state index in [4.69, 9.17) is 11.6 Å². The summed E-state index contributed by atoms with van der Waals surface area (Å²) in [6.45, 7) is 2.82. The van der Waals surface area contributed by atoms with Crippen LogP contribution in [0.5, 0.6) is 5.75 Å². The molecule has 0 aliphatic heterocycles. The minimum absolute atomic E-state index is 0.0176. The Balaban J connectivity index is 2.63. The van der Waals surface area contributed by atoms with E-state index in [0.29, 0.717) is 0 Å². The van der Waals surface area contributed by atoms with Gasteiger partial charge in [-0.1, -0.05) is 17.7 Å². The predicted molar refractivity (Wildman–Crippen MR) is 70.6 cm³/mol. The van der Waals surface area contributed by atoms with E-state index in [0.717, 1.165) is 18.5 Å². The molecule has 0 radical (unpaired) electrons. The van der Waals surface area contributed by atoms with Crippen molar-refractivity contribution in [1.82, 2.24) is 0 Å². The van der Waals surface area contributed by atoms with Crippen LogP contribution in [0.25, 0.3) is 0 Å². The van der Waals surface area contributed by atoms with Crippen molar-refractivity contribution < 1.29 is 13.5 Å². The first-order valence-corrected chi connectivity index (χ1v) is 6.02. The molecule has 1 aromatic rings. The highest BCUT2D eigenvalue weighted by atomic mass is 35.5. The predicted octanol–water partition coefficient (Wildman–Crippen LogP) is 4.71. The molecule has 0 saturated heterocycles. The summed E-state index contributed by atoms with van der Waals surface area (Å²) in [4.78, 5) is 0. The van der Waals surface area contributed by atoms with Gasteiger partial charge in [0.25, 0.3) is 0 Å². The lowest BCUT2D eigenvalue weighted by molar-refractivity contribution is -0.0497. The fourth-order valence-electron chi connectivity index (χ4n) is 1.51. The number of anilines is 1. The molecule has 0 saturated carbocycles. The minimum atomic E-state index is -2.87. The third-order valence-electron chi connectivity index (χ3n) is 2.36. The number of hydrogen-bond donors (Lipinski definition) is 1. The summed E-state index contributed by atoms with van der Waals surface area (Å²) in [5.74, 6) is -0.0176. The van der Waals surface area contributed by atoms with Crippen LogP contribution in [0.3, 0.4) is 0 Å². The van der Waals surface area contributed by atoms with Gasteiger partial charge in [-0.3, -0.25) is 0 Å². The first-order valence-electron chi connectivity index (χ1n) is 5.64.